The first-order valence-corrected chi connectivity index (χ1v) is 32.2. The molecule has 17 aromatic carbocycles. The molecule has 86 heavy (non-hydrogen) atoms. The minimum atomic E-state index is -0.417. The highest BCUT2D eigenvalue weighted by Crippen LogP contribution is 2.39. The lowest BCUT2D eigenvalue weighted by Crippen LogP contribution is -1.84. The van der Waals surface area contributed by atoms with Gasteiger partial charge in [-0.05, 0) is 153 Å². The van der Waals surface area contributed by atoms with Crippen molar-refractivity contribution < 1.29 is 4.92 Å². The van der Waals surface area contributed by atoms with Crippen LogP contribution in [0.5, 0.6) is 0 Å². The summed E-state index contributed by atoms with van der Waals surface area (Å²) < 4.78 is 1.13. The number of nitro groups is 1. The quantitative estimate of drug-likeness (QED) is 0.0711. The molecule has 0 aliphatic heterocycles. The van der Waals surface area contributed by atoms with Gasteiger partial charge < -0.3 is 0 Å². The Hall–Kier alpha value is -9.30. The maximum atomic E-state index is 10.0. The summed E-state index contributed by atoms with van der Waals surface area (Å²) in [5, 5.41) is 42.0. The van der Waals surface area contributed by atoms with E-state index < -0.39 is 4.92 Å². The van der Waals surface area contributed by atoms with E-state index in [0.29, 0.717) is 0 Å². The molecule has 0 saturated carbocycles. The van der Waals surface area contributed by atoms with Crippen molar-refractivity contribution in [3.05, 3.63) is 330 Å². The van der Waals surface area contributed by atoms with Crippen LogP contribution in [0, 0.1) is 10.1 Å². The third-order valence-corrected chi connectivity index (χ3v) is 16.1. The van der Waals surface area contributed by atoms with Gasteiger partial charge in [-0.15, -0.1) is 0 Å². The Morgan fingerprint density at radius 3 is 0.500 bits per heavy atom. The number of rotatable bonds is 1. The third kappa shape index (κ3) is 11.9. The van der Waals surface area contributed by atoms with E-state index in [4.69, 9.17) is 0 Å². The minimum Gasteiger partial charge on any atom is -0.258 e. The predicted molar refractivity (Wildman–Crippen MR) is 386 cm³/mol. The highest BCUT2D eigenvalue weighted by atomic mass is 79.9. The minimum absolute atomic E-state index is 0.137. The van der Waals surface area contributed by atoms with E-state index in [1.165, 1.54) is 141 Å². The molecule has 0 bridgehead atoms. The fourth-order valence-corrected chi connectivity index (χ4v) is 12.4. The monoisotopic (exact) mass is 1300 g/mol. The highest BCUT2D eigenvalue weighted by Gasteiger charge is 2.11. The summed E-state index contributed by atoms with van der Waals surface area (Å²) in [7, 11) is 0. The number of alkyl halides is 2. The number of halogens is 3. The Bertz CT molecular complexity index is 4190. The molecule has 0 spiro atoms. The second kappa shape index (κ2) is 27.6. The number of para-hydroxylation sites is 1. The second-order valence-electron chi connectivity index (χ2n) is 20.3. The van der Waals surface area contributed by atoms with Gasteiger partial charge in [0.2, 0.25) is 0 Å². The van der Waals surface area contributed by atoms with Gasteiger partial charge in [0.25, 0.3) is 5.69 Å². The molecule has 416 valence electrons. The lowest BCUT2D eigenvalue weighted by molar-refractivity contribution is -0.384. The summed E-state index contributed by atoms with van der Waals surface area (Å²) in [6, 6.07) is 110. The molecule has 0 saturated heterocycles. The van der Waals surface area contributed by atoms with Crippen molar-refractivity contribution in [2.45, 2.75) is 0 Å². The highest BCUT2D eigenvalue weighted by molar-refractivity contribution is 9.10. The van der Waals surface area contributed by atoms with Crippen molar-refractivity contribution in [2.24, 2.45) is 0 Å². The summed E-state index contributed by atoms with van der Waals surface area (Å²) >= 11 is 9.46. The number of benzene rings is 17. The number of hydrogen-bond donors (Lipinski definition) is 0. The largest absolute Gasteiger partial charge is 0.269 e. The van der Waals surface area contributed by atoms with Gasteiger partial charge in [-0.3, -0.25) is 10.1 Å². The molecule has 17 rings (SSSR count). The molecule has 0 fully saturated rings. The molecule has 0 aliphatic rings. The number of nitrogens with zero attached hydrogens (tertiary/aromatic N) is 1. The Kier molecular flexibility index (Phi) is 18.8. The standard InChI is InChI=1S/C18H11Br.3C18H12.C6H5NO2.2CH3Br/c19-12-9-10-17-15-7-2-1-5-13(15)14-6-3-4-8-16(14)18(17)11-12;3*1-2-8-14-13(7-1)15-9-3-4-11-17(15)18-12-6-5-10-16(14)18;8-7(9)6-4-2-1-3-5-6;2*1-2/h1-11H;3*1-12H;1-5H;2*1H3. The van der Waals surface area contributed by atoms with Crippen molar-refractivity contribution in [1.29, 1.82) is 0 Å². The molecule has 0 amide bonds. The van der Waals surface area contributed by atoms with Crippen molar-refractivity contribution in [1.82, 2.24) is 0 Å². The Morgan fingerprint density at radius 2 is 0.349 bits per heavy atom. The van der Waals surface area contributed by atoms with Gasteiger partial charge in [-0.25, -0.2) is 0 Å². The van der Waals surface area contributed by atoms with Crippen LogP contribution in [0.25, 0.3) is 129 Å². The van der Waals surface area contributed by atoms with Gasteiger partial charge >= 0.3 is 0 Å². The predicted octanol–water partition coefficient (Wildman–Crippen LogP) is 25.0. The molecule has 0 radical (unpaired) electrons. The summed E-state index contributed by atoms with van der Waals surface area (Å²) in [4.78, 5) is 9.59. The van der Waals surface area contributed by atoms with E-state index in [-0.39, 0.29) is 5.69 Å². The van der Waals surface area contributed by atoms with Crippen LogP contribution >= 0.6 is 47.8 Å². The third-order valence-electron chi connectivity index (χ3n) is 15.6. The zero-order valence-electron chi connectivity index (χ0n) is 47.4. The average Bonchev–Trinajstić information content (AvgIpc) is 1.68. The first kappa shape index (κ1) is 58.5. The Balaban J connectivity index is 0.000000112. The molecule has 0 N–H and O–H groups in total. The number of fused-ring (bicyclic) bond motifs is 24. The van der Waals surface area contributed by atoms with Gasteiger partial charge in [0.05, 0.1) is 4.92 Å². The summed E-state index contributed by atoms with van der Waals surface area (Å²) in [5.74, 6) is 3.62. The Labute approximate surface area is 525 Å². The lowest BCUT2D eigenvalue weighted by Gasteiger charge is -2.10. The number of nitro benzene ring substituents is 1. The van der Waals surface area contributed by atoms with Crippen LogP contribution in [0.15, 0.2) is 320 Å². The molecule has 0 unspecified atom stereocenters. The number of non-ortho nitro benzene ring substituents is 1. The van der Waals surface area contributed by atoms with Crippen molar-refractivity contribution in [2.75, 3.05) is 11.7 Å². The van der Waals surface area contributed by atoms with Crippen LogP contribution < -0.4 is 0 Å². The second-order valence-corrected chi connectivity index (χ2v) is 21.2. The van der Waals surface area contributed by atoms with Crippen LogP contribution in [0.1, 0.15) is 0 Å². The fraction of sp³-hybridized carbons (Fsp3) is 0.0250. The first-order chi connectivity index (χ1) is 42.5. The summed E-state index contributed by atoms with van der Waals surface area (Å²) in [5.41, 5.74) is 0.137. The zero-order chi connectivity index (χ0) is 59.4. The molecule has 6 heteroatoms. The van der Waals surface area contributed by atoms with E-state index in [1.54, 1.807) is 18.2 Å². The molecule has 17 aromatic rings. The van der Waals surface area contributed by atoms with Gasteiger partial charge in [-0.1, -0.05) is 339 Å². The van der Waals surface area contributed by atoms with Crippen LogP contribution in [0.2, 0.25) is 0 Å². The van der Waals surface area contributed by atoms with Gasteiger partial charge in [0.15, 0.2) is 0 Å². The molecular formula is C80H58Br3NO2. The fourth-order valence-electron chi connectivity index (χ4n) is 12.0. The van der Waals surface area contributed by atoms with E-state index in [1.807, 2.05) is 11.7 Å². The molecule has 3 nitrogen and oxygen atoms in total. The Morgan fingerprint density at radius 1 is 0.209 bits per heavy atom. The lowest BCUT2D eigenvalue weighted by atomic mass is 9.94. The van der Waals surface area contributed by atoms with Crippen LogP contribution in [-0.4, -0.2) is 16.6 Å². The van der Waals surface area contributed by atoms with Crippen LogP contribution in [-0.2, 0) is 0 Å². The topological polar surface area (TPSA) is 43.1 Å². The maximum absolute atomic E-state index is 10.0. The van der Waals surface area contributed by atoms with Gasteiger partial charge in [0.1, 0.15) is 0 Å². The van der Waals surface area contributed by atoms with Gasteiger partial charge in [-0.2, -0.15) is 0 Å². The van der Waals surface area contributed by atoms with Crippen molar-refractivity contribution in [3.8, 4) is 0 Å². The molecule has 0 atom stereocenters. The van der Waals surface area contributed by atoms with E-state index >= 15 is 0 Å². The maximum Gasteiger partial charge on any atom is 0.269 e. The van der Waals surface area contributed by atoms with E-state index in [9.17, 15) is 10.1 Å². The first-order valence-electron chi connectivity index (χ1n) is 28.3. The van der Waals surface area contributed by atoms with Crippen molar-refractivity contribution >= 4 is 183 Å². The van der Waals surface area contributed by atoms with Crippen LogP contribution in [0.3, 0.4) is 0 Å². The number of hydrogen-bond acceptors (Lipinski definition) is 2. The molecule has 0 aliphatic carbocycles. The summed E-state index contributed by atoms with van der Waals surface area (Å²) in [6.07, 6.45) is 0. The van der Waals surface area contributed by atoms with Crippen molar-refractivity contribution in [3.63, 3.8) is 0 Å². The smallest absolute Gasteiger partial charge is 0.258 e. The van der Waals surface area contributed by atoms with Gasteiger partial charge in [0, 0.05) is 16.6 Å². The van der Waals surface area contributed by atoms with E-state index in [2.05, 4.69) is 333 Å². The normalized spacial score (nSPS) is 10.7. The SMILES string of the molecule is Brc1ccc2c3ccccc3c3ccccc3c2c1.CBr.CBr.O=[N+]([O-])c1ccccc1.c1ccc2c(c1)c1ccccc1c1ccccc21.c1ccc2c(c1)c1ccccc1c1ccccc21.c1ccc2c(c1)c1ccccc1c1ccccc21. The summed E-state index contributed by atoms with van der Waals surface area (Å²) in [6.45, 7) is 0. The molecular weight excluding hydrogens is 1250 g/mol. The van der Waals surface area contributed by atoms with E-state index in [0.717, 1.165) is 4.47 Å². The average molecular weight is 1310 g/mol. The molecule has 0 heterocycles. The zero-order valence-corrected chi connectivity index (χ0v) is 52.2. The van der Waals surface area contributed by atoms with Crippen LogP contribution in [0.4, 0.5) is 5.69 Å². The molecule has 0 aromatic heterocycles.